The third-order valence-corrected chi connectivity index (χ3v) is 7.53. The lowest BCUT2D eigenvalue weighted by atomic mass is 9.85. The van der Waals surface area contributed by atoms with Crippen LogP contribution >= 0.6 is 11.7 Å². The van der Waals surface area contributed by atoms with Crippen LogP contribution in [0.4, 0.5) is 30.5 Å². The minimum Gasteiger partial charge on any atom is -0.504 e. The fraction of sp³-hybridized carbons (Fsp3) is 0.429. The van der Waals surface area contributed by atoms with Crippen LogP contribution < -0.4 is 10.6 Å². The molecule has 0 aliphatic carbocycles. The van der Waals surface area contributed by atoms with E-state index < -0.39 is 32.4 Å². The number of halogens is 3. The Balaban J connectivity index is 2.04. The highest BCUT2D eigenvalue weighted by Crippen LogP contribution is 2.44. The van der Waals surface area contributed by atoms with Gasteiger partial charge in [0.15, 0.2) is 17.4 Å². The van der Waals surface area contributed by atoms with Crippen molar-refractivity contribution in [1.82, 2.24) is 13.1 Å². The number of anilines is 3. The van der Waals surface area contributed by atoms with Crippen molar-refractivity contribution in [3.05, 3.63) is 41.3 Å². The monoisotopic (exact) mass is 533 g/mol. The summed E-state index contributed by atoms with van der Waals surface area (Å²) in [5, 5.41) is 16.6. The molecule has 2 heterocycles. The highest BCUT2D eigenvalue weighted by atomic mass is 32.2. The van der Waals surface area contributed by atoms with Gasteiger partial charge in [-0.05, 0) is 36.6 Å². The average molecular weight is 534 g/mol. The number of sulfonamides is 1. The Morgan fingerprint density at radius 1 is 1.09 bits per heavy atom. The fourth-order valence-electron chi connectivity index (χ4n) is 3.29. The van der Waals surface area contributed by atoms with Gasteiger partial charge in [-0.25, -0.2) is 12.7 Å². The maximum atomic E-state index is 13.6. The molecule has 3 rings (SSSR count). The van der Waals surface area contributed by atoms with Crippen LogP contribution in [-0.4, -0.2) is 40.7 Å². The van der Waals surface area contributed by atoms with E-state index in [-0.39, 0.29) is 28.8 Å². The van der Waals surface area contributed by atoms with Gasteiger partial charge in [-0.1, -0.05) is 20.8 Å². The number of rotatable bonds is 7. The van der Waals surface area contributed by atoms with Gasteiger partial charge < -0.3 is 20.2 Å². The smallest absolute Gasteiger partial charge is 0.417 e. The maximum absolute atomic E-state index is 13.6. The third kappa shape index (κ3) is 5.54. The van der Waals surface area contributed by atoms with Gasteiger partial charge in [0.25, 0.3) is 0 Å². The zero-order chi connectivity index (χ0) is 26.3. The maximum Gasteiger partial charge on any atom is 0.417 e. The second kappa shape index (κ2) is 9.32. The SMILES string of the molecule is Cc1ccc(C(Nc2nsnc2Nc2ccc(C(F)(F)F)c(S(=O)(=O)N(C)C)c2O)C(C)(C)C)o1. The molecule has 1 aromatic carbocycles. The number of hydrogen-bond acceptors (Lipinski definition) is 9. The number of aromatic nitrogens is 2. The molecule has 1 atom stereocenters. The van der Waals surface area contributed by atoms with Crippen molar-refractivity contribution in [3.8, 4) is 5.75 Å². The number of nitrogens with zero attached hydrogens (tertiary/aromatic N) is 3. The number of hydrogen-bond donors (Lipinski definition) is 3. The molecule has 35 heavy (non-hydrogen) atoms. The standard InChI is InChI=1S/C21H26F3N5O4S2/c1-11-7-10-14(33-11)17(20(2,3)4)26-19-18(27-34-28-19)25-13-9-8-12(21(22,23)24)16(15(13)30)35(31,32)29(5)6/h7-10,17,30H,1-6H3,(H,25,27)(H,26,28). The molecule has 0 aliphatic heterocycles. The van der Waals surface area contributed by atoms with E-state index in [1.165, 1.54) is 0 Å². The van der Waals surface area contributed by atoms with Crippen LogP contribution in [0.5, 0.6) is 5.75 Å². The van der Waals surface area contributed by atoms with Crippen molar-refractivity contribution >= 4 is 39.1 Å². The highest BCUT2D eigenvalue weighted by Gasteiger charge is 2.41. The minimum absolute atomic E-state index is 0.0933. The molecule has 0 fully saturated rings. The van der Waals surface area contributed by atoms with E-state index >= 15 is 0 Å². The molecule has 9 nitrogen and oxygen atoms in total. The largest absolute Gasteiger partial charge is 0.504 e. The van der Waals surface area contributed by atoms with Crippen LogP contribution in [0.3, 0.4) is 0 Å². The summed E-state index contributed by atoms with van der Waals surface area (Å²) < 4.78 is 80.7. The number of phenolic OH excluding ortho intramolecular Hbond substituents is 1. The molecule has 0 saturated carbocycles. The van der Waals surface area contributed by atoms with Crippen molar-refractivity contribution in [2.45, 2.75) is 44.8 Å². The molecule has 3 N–H and O–H groups in total. The van der Waals surface area contributed by atoms with Crippen molar-refractivity contribution in [2.24, 2.45) is 5.41 Å². The Morgan fingerprint density at radius 2 is 1.71 bits per heavy atom. The molecule has 2 aromatic heterocycles. The first kappa shape index (κ1) is 26.8. The lowest BCUT2D eigenvalue weighted by Crippen LogP contribution is -2.26. The molecule has 0 radical (unpaired) electrons. The summed E-state index contributed by atoms with van der Waals surface area (Å²) in [5.41, 5.74) is -2.10. The molecule has 0 saturated heterocycles. The summed E-state index contributed by atoms with van der Waals surface area (Å²) in [6.07, 6.45) is -5.01. The van der Waals surface area contributed by atoms with E-state index in [1.807, 2.05) is 39.8 Å². The summed E-state index contributed by atoms with van der Waals surface area (Å²) in [4.78, 5) is -1.25. The first-order valence-corrected chi connectivity index (χ1v) is 12.5. The lowest BCUT2D eigenvalue weighted by molar-refractivity contribution is -0.140. The van der Waals surface area contributed by atoms with Gasteiger partial charge in [-0.3, -0.25) is 0 Å². The predicted octanol–water partition coefficient (Wildman–Crippen LogP) is 5.36. The van der Waals surface area contributed by atoms with Crippen LogP contribution in [0.2, 0.25) is 0 Å². The summed E-state index contributed by atoms with van der Waals surface area (Å²) in [6.45, 7) is 7.76. The summed E-state index contributed by atoms with van der Waals surface area (Å²) >= 11 is 0.823. The number of phenols is 1. The van der Waals surface area contributed by atoms with Crippen molar-refractivity contribution < 1.29 is 31.1 Å². The molecule has 0 aliphatic rings. The Morgan fingerprint density at radius 3 is 2.23 bits per heavy atom. The van der Waals surface area contributed by atoms with Gasteiger partial charge in [0, 0.05) is 14.1 Å². The predicted molar refractivity (Wildman–Crippen MR) is 126 cm³/mol. The van der Waals surface area contributed by atoms with E-state index in [0.717, 1.165) is 37.7 Å². The van der Waals surface area contributed by atoms with Crippen LogP contribution in [-0.2, 0) is 16.2 Å². The van der Waals surface area contributed by atoms with Crippen LogP contribution in [0, 0.1) is 12.3 Å². The Hall–Kier alpha value is -2.84. The van der Waals surface area contributed by atoms with E-state index in [9.17, 15) is 26.7 Å². The molecule has 0 amide bonds. The van der Waals surface area contributed by atoms with Crippen LogP contribution in [0.1, 0.15) is 43.9 Å². The normalized spacial score (nSPS) is 13.8. The Labute approximate surface area is 205 Å². The second-order valence-corrected chi connectivity index (χ2v) is 11.7. The third-order valence-electron chi connectivity index (χ3n) is 5.11. The molecule has 0 spiro atoms. The lowest BCUT2D eigenvalue weighted by Gasteiger charge is -2.30. The summed E-state index contributed by atoms with van der Waals surface area (Å²) in [5.74, 6) is 0.624. The first-order chi connectivity index (χ1) is 16.0. The van der Waals surface area contributed by atoms with Gasteiger partial charge in [-0.2, -0.15) is 21.9 Å². The summed E-state index contributed by atoms with van der Waals surface area (Å²) in [7, 11) is -2.50. The van der Waals surface area contributed by atoms with Crippen molar-refractivity contribution in [1.29, 1.82) is 0 Å². The zero-order valence-corrected chi connectivity index (χ0v) is 21.5. The fourth-order valence-corrected chi connectivity index (χ4v) is 4.95. The molecule has 3 aromatic rings. The van der Waals surface area contributed by atoms with E-state index in [4.69, 9.17) is 4.42 Å². The van der Waals surface area contributed by atoms with Gasteiger partial charge >= 0.3 is 6.18 Å². The van der Waals surface area contributed by atoms with Gasteiger partial charge in [0.1, 0.15) is 16.4 Å². The summed E-state index contributed by atoms with van der Waals surface area (Å²) in [6, 6.07) is 4.82. The number of nitrogens with one attached hydrogen (secondary N) is 2. The van der Waals surface area contributed by atoms with Crippen molar-refractivity contribution in [3.63, 3.8) is 0 Å². The van der Waals surface area contributed by atoms with Gasteiger partial charge in [0.2, 0.25) is 10.0 Å². The van der Waals surface area contributed by atoms with Crippen LogP contribution in [0.15, 0.2) is 33.6 Å². The number of benzene rings is 1. The van der Waals surface area contributed by atoms with Gasteiger partial charge in [0.05, 0.1) is 29.0 Å². The highest BCUT2D eigenvalue weighted by molar-refractivity contribution is 7.89. The molecular formula is C21H26F3N5O4S2. The molecule has 14 heteroatoms. The second-order valence-electron chi connectivity index (χ2n) is 9.10. The molecular weight excluding hydrogens is 507 g/mol. The van der Waals surface area contributed by atoms with Crippen molar-refractivity contribution in [2.75, 3.05) is 24.7 Å². The van der Waals surface area contributed by atoms with Gasteiger partial charge in [-0.15, -0.1) is 0 Å². The number of aromatic hydroxyl groups is 1. The molecule has 0 bridgehead atoms. The van der Waals surface area contributed by atoms with E-state index in [1.54, 1.807) is 0 Å². The number of aryl methyl sites for hydroxylation is 1. The van der Waals surface area contributed by atoms with E-state index in [0.29, 0.717) is 16.1 Å². The van der Waals surface area contributed by atoms with Crippen LogP contribution in [0.25, 0.3) is 0 Å². The topological polar surface area (TPSA) is 121 Å². The van der Waals surface area contributed by atoms with E-state index in [2.05, 4.69) is 19.4 Å². The Kier molecular flexibility index (Phi) is 7.12. The molecule has 192 valence electrons. The Bertz CT molecular complexity index is 1310. The first-order valence-electron chi connectivity index (χ1n) is 10.3. The number of alkyl halides is 3. The quantitative estimate of drug-likeness (QED) is 0.347. The minimum atomic E-state index is -5.01. The average Bonchev–Trinajstić information content (AvgIpc) is 3.33. The number of furan rings is 1. The zero-order valence-electron chi connectivity index (χ0n) is 19.9. The molecule has 1 unspecified atom stereocenters.